The number of ether oxygens (including phenoxy) is 3. The molecule has 0 bridgehead atoms. The van der Waals surface area contributed by atoms with Gasteiger partial charge in [-0.25, -0.2) is 0 Å². The van der Waals surface area contributed by atoms with Crippen molar-refractivity contribution < 1.29 is 24.1 Å². The maximum absolute atomic E-state index is 12.6. The number of benzene rings is 2. The van der Waals surface area contributed by atoms with Crippen molar-refractivity contribution in [3.8, 4) is 11.5 Å². The number of esters is 1. The van der Waals surface area contributed by atoms with Gasteiger partial charge in [0.05, 0.1) is 25.7 Å². The lowest BCUT2D eigenvalue weighted by molar-refractivity contribution is -0.150. The number of carbonyl (C=O) groups is 1. The van der Waals surface area contributed by atoms with Gasteiger partial charge in [0, 0.05) is 19.6 Å². The predicted molar refractivity (Wildman–Crippen MR) is 136 cm³/mol. The van der Waals surface area contributed by atoms with Crippen LogP contribution in [0.15, 0.2) is 54.6 Å². The maximum Gasteiger partial charge on any atom is 0.309 e. The van der Waals surface area contributed by atoms with Gasteiger partial charge >= 0.3 is 5.97 Å². The molecule has 3 unspecified atom stereocenters. The monoisotopic (exact) mass is 479 g/mol. The summed E-state index contributed by atoms with van der Waals surface area (Å²) in [6.07, 6.45) is 3.67. The van der Waals surface area contributed by atoms with Gasteiger partial charge in [-0.1, -0.05) is 37.3 Å². The molecule has 0 saturated carbocycles. The smallest absolute Gasteiger partial charge is 0.309 e. The summed E-state index contributed by atoms with van der Waals surface area (Å²) in [7, 11) is 0. The highest BCUT2D eigenvalue weighted by atomic mass is 16.5. The van der Waals surface area contributed by atoms with Crippen LogP contribution in [-0.4, -0.2) is 62.0 Å². The van der Waals surface area contributed by atoms with E-state index in [2.05, 4.69) is 30.0 Å². The second-order valence-corrected chi connectivity index (χ2v) is 9.42. The van der Waals surface area contributed by atoms with Crippen molar-refractivity contribution in [3.05, 3.63) is 65.7 Å². The Morgan fingerprint density at radius 1 is 1.09 bits per heavy atom. The highest BCUT2D eigenvalue weighted by Gasteiger charge is 2.37. The van der Waals surface area contributed by atoms with Crippen LogP contribution in [-0.2, 0) is 20.7 Å². The molecule has 2 aliphatic rings. The molecule has 1 fully saturated rings. The van der Waals surface area contributed by atoms with Crippen molar-refractivity contribution in [2.24, 2.45) is 17.8 Å². The number of carbonyl (C=O) groups excluding carboxylic acids is 1. The third-order valence-corrected chi connectivity index (χ3v) is 7.21. The molecule has 2 aromatic rings. The predicted octanol–water partition coefficient (Wildman–Crippen LogP) is 4.56. The van der Waals surface area contributed by atoms with E-state index in [4.69, 9.17) is 14.2 Å². The van der Waals surface area contributed by atoms with Crippen LogP contribution >= 0.6 is 0 Å². The second kappa shape index (κ2) is 12.2. The van der Waals surface area contributed by atoms with Crippen LogP contribution in [0.1, 0.15) is 31.4 Å². The summed E-state index contributed by atoms with van der Waals surface area (Å²) in [4.78, 5) is 15.0. The van der Waals surface area contributed by atoms with Crippen molar-refractivity contribution in [2.75, 3.05) is 46.1 Å². The summed E-state index contributed by atoms with van der Waals surface area (Å²) in [6.45, 7) is 9.49. The summed E-state index contributed by atoms with van der Waals surface area (Å²) < 4.78 is 16.7. The lowest BCUT2D eigenvalue weighted by atomic mass is 9.69. The number of hydrogen-bond acceptors (Lipinski definition) is 6. The van der Waals surface area contributed by atoms with Gasteiger partial charge in [0.1, 0.15) is 18.1 Å². The van der Waals surface area contributed by atoms with Crippen LogP contribution in [0, 0.1) is 17.8 Å². The summed E-state index contributed by atoms with van der Waals surface area (Å²) in [6, 6.07) is 15.7. The molecule has 1 aliphatic heterocycles. The number of nitrogens with zero attached hydrogens (tertiary/aromatic N) is 1. The molecule has 4 rings (SSSR count). The van der Waals surface area contributed by atoms with E-state index in [1.807, 2.05) is 31.2 Å². The Morgan fingerprint density at radius 2 is 1.80 bits per heavy atom. The molecule has 1 heterocycles. The number of hydrogen-bond donors (Lipinski definition) is 1. The van der Waals surface area contributed by atoms with E-state index >= 15 is 0 Å². The van der Waals surface area contributed by atoms with Gasteiger partial charge in [0.25, 0.3) is 0 Å². The van der Waals surface area contributed by atoms with Gasteiger partial charge in [-0.2, -0.15) is 0 Å². The molecule has 0 spiro atoms. The molecule has 2 aromatic carbocycles. The molecule has 0 aromatic heterocycles. The number of morpholine rings is 1. The zero-order valence-electron chi connectivity index (χ0n) is 20.8. The second-order valence-electron chi connectivity index (χ2n) is 9.42. The van der Waals surface area contributed by atoms with Gasteiger partial charge in [0.15, 0.2) is 0 Å². The Kier molecular flexibility index (Phi) is 8.83. The minimum atomic E-state index is -0.149. The van der Waals surface area contributed by atoms with Crippen molar-refractivity contribution in [1.82, 2.24) is 4.90 Å². The van der Waals surface area contributed by atoms with E-state index < -0.39 is 0 Å². The summed E-state index contributed by atoms with van der Waals surface area (Å²) in [5.41, 5.74) is 3.52. The average Bonchev–Trinajstić information content (AvgIpc) is 2.87. The quantitative estimate of drug-likeness (QED) is 0.532. The molecule has 0 amide bonds. The molecule has 1 aliphatic carbocycles. The van der Waals surface area contributed by atoms with Gasteiger partial charge in [0.2, 0.25) is 0 Å². The molecule has 6 heteroatoms. The number of aromatic hydroxyl groups is 1. The lowest BCUT2D eigenvalue weighted by Gasteiger charge is -2.36. The molecular weight excluding hydrogens is 442 g/mol. The fraction of sp³-hybridized carbons (Fsp3) is 0.483. The van der Waals surface area contributed by atoms with Gasteiger partial charge in [-0.05, 0) is 72.6 Å². The summed E-state index contributed by atoms with van der Waals surface area (Å²) in [5, 5.41) is 9.74. The minimum absolute atomic E-state index is 0.116. The van der Waals surface area contributed by atoms with Crippen LogP contribution in [0.4, 0.5) is 0 Å². The zero-order chi connectivity index (χ0) is 24.6. The first kappa shape index (κ1) is 25.3. The highest BCUT2D eigenvalue weighted by molar-refractivity contribution is 5.77. The van der Waals surface area contributed by atoms with E-state index in [-0.39, 0.29) is 29.5 Å². The van der Waals surface area contributed by atoms with E-state index in [1.54, 1.807) is 12.1 Å². The van der Waals surface area contributed by atoms with E-state index in [0.717, 1.165) is 50.6 Å². The van der Waals surface area contributed by atoms with Crippen molar-refractivity contribution >= 4 is 11.5 Å². The molecule has 35 heavy (non-hydrogen) atoms. The SMILES string of the molecule is CCOC(=O)C1CC=C(c2ccc(O)cc2)C(Cc2ccc(OCCN3CCOCC3)cc2)C1C. The van der Waals surface area contributed by atoms with Crippen LogP contribution in [0.5, 0.6) is 11.5 Å². The lowest BCUT2D eigenvalue weighted by Crippen LogP contribution is -2.38. The van der Waals surface area contributed by atoms with Crippen molar-refractivity contribution in [1.29, 1.82) is 0 Å². The first-order chi connectivity index (χ1) is 17.0. The van der Waals surface area contributed by atoms with Gasteiger partial charge < -0.3 is 19.3 Å². The Bertz CT molecular complexity index is 979. The number of allylic oxidation sites excluding steroid dienone is 2. The fourth-order valence-corrected chi connectivity index (χ4v) is 5.12. The minimum Gasteiger partial charge on any atom is -0.508 e. The Labute approximate surface area is 208 Å². The largest absolute Gasteiger partial charge is 0.508 e. The third kappa shape index (κ3) is 6.65. The topological polar surface area (TPSA) is 68.2 Å². The molecule has 6 nitrogen and oxygen atoms in total. The van der Waals surface area contributed by atoms with Crippen LogP contribution in [0.25, 0.3) is 5.57 Å². The van der Waals surface area contributed by atoms with Crippen LogP contribution < -0.4 is 4.74 Å². The summed E-state index contributed by atoms with van der Waals surface area (Å²) in [5.74, 6) is 1.16. The Balaban J connectivity index is 1.44. The Morgan fingerprint density at radius 3 is 2.49 bits per heavy atom. The molecule has 1 saturated heterocycles. The molecule has 188 valence electrons. The first-order valence-electron chi connectivity index (χ1n) is 12.7. The standard InChI is InChI=1S/C29H37NO5/c1-3-34-29(32)26-12-13-27(23-6-8-24(31)9-7-23)28(21(26)2)20-22-4-10-25(11-5-22)35-19-16-30-14-17-33-18-15-30/h4-11,13,21,26,28,31H,3,12,14-20H2,1-2H3. The van der Waals surface area contributed by atoms with Gasteiger partial charge in [-0.15, -0.1) is 0 Å². The molecule has 0 radical (unpaired) electrons. The zero-order valence-corrected chi connectivity index (χ0v) is 20.8. The van der Waals surface area contributed by atoms with Crippen molar-refractivity contribution in [2.45, 2.75) is 26.7 Å². The van der Waals surface area contributed by atoms with E-state index in [9.17, 15) is 9.90 Å². The third-order valence-electron chi connectivity index (χ3n) is 7.21. The Hall–Kier alpha value is -2.83. The van der Waals surface area contributed by atoms with Crippen molar-refractivity contribution in [3.63, 3.8) is 0 Å². The first-order valence-corrected chi connectivity index (χ1v) is 12.7. The maximum atomic E-state index is 12.6. The van der Waals surface area contributed by atoms with Gasteiger partial charge in [-0.3, -0.25) is 9.69 Å². The molecular formula is C29H37NO5. The van der Waals surface area contributed by atoms with Crippen LogP contribution in [0.3, 0.4) is 0 Å². The normalized spacial score (nSPS) is 22.9. The molecule has 3 atom stereocenters. The summed E-state index contributed by atoms with van der Waals surface area (Å²) >= 11 is 0. The fourth-order valence-electron chi connectivity index (χ4n) is 5.12. The number of phenols is 1. The molecule has 1 N–H and O–H groups in total. The van der Waals surface area contributed by atoms with Crippen LogP contribution in [0.2, 0.25) is 0 Å². The van der Waals surface area contributed by atoms with E-state index in [1.165, 1.54) is 11.1 Å². The highest BCUT2D eigenvalue weighted by Crippen LogP contribution is 2.42. The number of phenolic OH excluding ortho intramolecular Hbond substituents is 1. The average molecular weight is 480 g/mol. The van der Waals surface area contributed by atoms with E-state index in [0.29, 0.717) is 19.6 Å². The number of rotatable bonds is 9.